The van der Waals surface area contributed by atoms with Crippen LogP contribution in [0.3, 0.4) is 0 Å². The summed E-state index contributed by atoms with van der Waals surface area (Å²) in [6.45, 7) is 0.925. The summed E-state index contributed by atoms with van der Waals surface area (Å²) in [6, 6.07) is 16.5. The van der Waals surface area contributed by atoms with E-state index in [-0.39, 0.29) is 12.8 Å². The predicted octanol–water partition coefficient (Wildman–Crippen LogP) is 5.88. The topological polar surface area (TPSA) is 93.7 Å². The first kappa shape index (κ1) is 31.8. The lowest BCUT2D eigenvalue weighted by molar-refractivity contribution is -0.173. The van der Waals surface area contributed by atoms with E-state index in [0.717, 1.165) is 6.92 Å². The van der Waals surface area contributed by atoms with Crippen molar-refractivity contribution in [1.29, 1.82) is 0 Å². The molecule has 1 unspecified atom stereocenters. The molecule has 0 radical (unpaired) electrons. The van der Waals surface area contributed by atoms with Crippen molar-refractivity contribution in [3.8, 4) is 11.5 Å². The van der Waals surface area contributed by atoms with Crippen LogP contribution < -0.4 is 20.1 Å². The fourth-order valence-electron chi connectivity index (χ4n) is 3.84. The fraction of sp³-hybridized carbons (Fsp3) is 0.276. The maximum absolute atomic E-state index is 13.2. The quantitative estimate of drug-likeness (QED) is 0.267. The third kappa shape index (κ3) is 9.68. The van der Waals surface area contributed by atoms with Crippen molar-refractivity contribution < 1.29 is 37.0 Å². The van der Waals surface area contributed by atoms with Crippen molar-refractivity contribution in [2.45, 2.75) is 44.1 Å². The molecule has 0 fully saturated rings. The smallest absolute Gasteiger partial charge is 0.452 e. The van der Waals surface area contributed by atoms with Gasteiger partial charge in [-0.2, -0.15) is 13.2 Å². The van der Waals surface area contributed by atoms with E-state index in [1.165, 1.54) is 7.11 Å². The third-order valence-electron chi connectivity index (χ3n) is 5.99. The first-order valence-corrected chi connectivity index (χ1v) is 13.1. The average molecular weight is 611 g/mol. The van der Waals surface area contributed by atoms with Crippen LogP contribution >= 0.6 is 23.2 Å². The summed E-state index contributed by atoms with van der Waals surface area (Å²) in [7, 11) is 1.52. The molecule has 3 aromatic rings. The van der Waals surface area contributed by atoms with Crippen LogP contribution in [0.2, 0.25) is 10.0 Å². The molecule has 3 aromatic carbocycles. The van der Waals surface area contributed by atoms with Gasteiger partial charge in [0.1, 0.15) is 23.6 Å². The largest absolute Gasteiger partial charge is 0.497 e. The van der Waals surface area contributed by atoms with E-state index in [1.54, 1.807) is 72.8 Å². The van der Waals surface area contributed by atoms with Crippen molar-refractivity contribution in [2.24, 2.45) is 0 Å². The summed E-state index contributed by atoms with van der Waals surface area (Å²) in [4.78, 5) is 37.8. The van der Waals surface area contributed by atoms with Crippen LogP contribution in [0.15, 0.2) is 72.8 Å². The molecule has 0 aliphatic rings. The number of carbonyl (C=O) groups excluding carboxylic acids is 3. The van der Waals surface area contributed by atoms with Crippen LogP contribution in [0, 0.1) is 0 Å². The number of hydrogen-bond donors (Lipinski definition) is 2. The second kappa shape index (κ2) is 14.2. The number of benzene rings is 3. The van der Waals surface area contributed by atoms with Crippen LogP contribution in [-0.4, -0.2) is 43.0 Å². The molecule has 0 aliphatic heterocycles. The number of carbonyl (C=O) groups is 3. The minimum absolute atomic E-state index is 0.0768. The molecule has 2 amide bonds. The SMILES string of the molecule is COc1ccc(OC(CC(=O)N[C@@H](Cc2ccc(Cl)cc2)C(=O)N[C@@H](C)C(=O)C(F)(F)F)c2ccc(Cl)cc2)cc1. The number of amides is 2. The lowest BCUT2D eigenvalue weighted by atomic mass is 10.0. The molecule has 0 aromatic heterocycles. The predicted molar refractivity (Wildman–Crippen MR) is 148 cm³/mol. The summed E-state index contributed by atoms with van der Waals surface area (Å²) >= 11 is 11.9. The molecule has 0 bridgehead atoms. The standard InChI is InChI=1S/C29H27Cl2F3N2O5/c1-17(27(38)29(32,33)34)35-28(39)24(15-18-3-7-20(30)8-4-18)36-26(37)16-25(19-5-9-21(31)10-6-19)41-23-13-11-22(40-2)12-14-23/h3-14,17,24-25H,15-16H2,1-2H3,(H,35,39)(H,36,37)/t17-,24-,25?/m0/s1. The van der Waals surface area contributed by atoms with Crippen LogP contribution in [0.25, 0.3) is 0 Å². The van der Waals surface area contributed by atoms with E-state index >= 15 is 0 Å². The van der Waals surface area contributed by atoms with E-state index in [1.807, 2.05) is 0 Å². The van der Waals surface area contributed by atoms with Gasteiger partial charge in [-0.25, -0.2) is 0 Å². The molecule has 218 valence electrons. The molecular formula is C29H27Cl2F3N2O5. The van der Waals surface area contributed by atoms with Gasteiger partial charge in [0.25, 0.3) is 5.78 Å². The van der Waals surface area contributed by atoms with E-state index in [4.69, 9.17) is 32.7 Å². The maximum Gasteiger partial charge on any atom is 0.452 e. The van der Waals surface area contributed by atoms with Gasteiger partial charge in [0.05, 0.1) is 19.6 Å². The van der Waals surface area contributed by atoms with Gasteiger partial charge < -0.3 is 20.1 Å². The van der Waals surface area contributed by atoms with E-state index in [9.17, 15) is 27.6 Å². The minimum atomic E-state index is -5.13. The van der Waals surface area contributed by atoms with Crippen LogP contribution in [-0.2, 0) is 20.8 Å². The molecule has 3 rings (SSSR count). The monoisotopic (exact) mass is 610 g/mol. The zero-order valence-corrected chi connectivity index (χ0v) is 23.5. The van der Waals surface area contributed by atoms with Crippen molar-refractivity contribution in [3.63, 3.8) is 0 Å². The van der Waals surface area contributed by atoms with Crippen LogP contribution in [0.4, 0.5) is 13.2 Å². The molecule has 0 aliphatic carbocycles. The second-order valence-electron chi connectivity index (χ2n) is 9.08. The highest BCUT2D eigenvalue weighted by Gasteiger charge is 2.42. The molecule has 0 saturated heterocycles. The first-order valence-electron chi connectivity index (χ1n) is 12.4. The molecule has 41 heavy (non-hydrogen) atoms. The van der Waals surface area contributed by atoms with Crippen molar-refractivity contribution >= 4 is 40.8 Å². The normalized spacial score (nSPS) is 13.4. The number of methoxy groups -OCH3 is 1. The highest BCUT2D eigenvalue weighted by Crippen LogP contribution is 2.28. The maximum atomic E-state index is 13.2. The fourth-order valence-corrected chi connectivity index (χ4v) is 4.09. The van der Waals surface area contributed by atoms with Crippen molar-refractivity contribution in [1.82, 2.24) is 10.6 Å². The van der Waals surface area contributed by atoms with Gasteiger partial charge in [0.15, 0.2) is 0 Å². The molecule has 12 heteroatoms. The second-order valence-corrected chi connectivity index (χ2v) is 9.95. The zero-order chi connectivity index (χ0) is 30.2. The lowest BCUT2D eigenvalue weighted by Crippen LogP contribution is -2.53. The number of ether oxygens (including phenoxy) is 2. The molecule has 2 N–H and O–H groups in total. The number of halogens is 5. The minimum Gasteiger partial charge on any atom is -0.497 e. The summed E-state index contributed by atoms with van der Waals surface area (Å²) in [5, 5.41) is 5.54. The van der Waals surface area contributed by atoms with Gasteiger partial charge in [-0.05, 0) is 66.6 Å². The Labute approximate surface area is 244 Å². The summed E-state index contributed by atoms with van der Waals surface area (Å²) in [5.41, 5.74) is 1.19. The molecule has 3 atom stereocenters. The van der Waals surface area contributed by atoms with Gasteiger partial charge in [-0.1, -0.05) is 47.5 Å². The van der Waals surface area contributed by atoms with E-state index in [0.29, 0.717) is 32.7 Å². The Balaban J connectivity index is 1.81. The third-order valence-corrected chi connectivity index (χ3v) is 6.49. The van der Waals surface area contributed by atoms with E-state index < -0.39 is 42.0 Å². The summed E-state index contributed by atoms with van der Waals surface area (Å²) in [6.07, 6.45) is -6.28. The first-order chi connectivity index (χ1) is 19.3. The highest BCUT2D eigenvalue weighted by molar-refractivity contribution is 6.30. The number of nitrogens with one attached hydrogen (secondary N) is 2. The Kier molecular flexibility index (Phi) is 11.0. The summed E-state index contributed by atoms with van der Waals surface area (Å²) in [5.74, 6) is -2.65. The van der Waals surface area contributed by atoms with Crippen molar-refractivity contribution in [3.05, 3.63) is 94.0 Å². The van der Waals surface area contributed by atoms with Crippen molar-refractivity contribution in [2.75, 3.05) is 7.11 Å². The van der Waals surface area contributed by atoms with Gasteiger partial charge in [0.2, 0.25) is 11.8 Å². The Morgan fingerprint density at radius 1 is 0.829 bits per heavy atom. The summed E-state index contributed by atoms with van der Waals surface area (Å²) < 4.78 is 49.9. The Bertz CT molecular complexity index is 1330. The van der Waals surface area contributed by atoms with Gasteiger partial charge in [0, 0.05) is 16.5 Å². The number of alkyl halides is 3. The highest BCUT2D eigenvalue weighted by atomic mass is 35.5. The zero-order valence-electron chi connectivity index (χ0n) is 22.0. The number of rotatable bonds is 12. The lowest BCUT2D eigenvalue weighted by Gasteiger charge is -2.24. The molecule has 0 heterocycles. The van der Waals surface area contributed by atoms with Crippen LogP contribution in [0.5, 0.6) is 11.5 Å². The molecule has 0 spiro atoms. The molecular weight excluding hydrogens is 584 g/mol. The van der Waals surface area contributed by atoms with Gasteiger partial charge in [-0.3, -0.25) is 14.4 Å². The average Bonchev–Trinajstić information content (AvgIpc) is 2.93. The van der Waals surface area contributed by atoms with E-state index in [2.05, 4.69) is 10.6 Å². The number of ketones is 1. The van der Waals surface area contributed by atoms with Gasteiger partial charge in [-0.15, -0.1) is 0 Å². The van der Waals surface area contributed by atoms with Gasteiger partial charge >= 0.3 is 6.18 Å². The molecule has 0 saturated carbocycles. The Morgan fingerprint density at radius 3 is 1.90 bits per heavy atom. The number of hydrogen-bond acceptors (Lipinski definition) is 5. The number of Topliss-reactive ketones (excluding diaryl/α,β-unsaturated/α-hetero) is 1. The molecule has 7 nitrogen and oxygen atoms in total. The Morgan fingerprint density at radius 2 is 1.37 bits per heavy atom. The Hall–Kier alpha value is -3.76. The van der Waals surface area contributed by atoms with Crippen LogP contribution in [0.1, 0.15) is 30.6 Å².